The average Bonchev–Trinajstić information content (AvgIpc) is 2.54. The van der Waals surface area contributed by atoms with Crippen LogP contribution in [0.4, 0.5) is 19.0 Å². The molecule has 2 heterocycles. The van der Waals surface area contributed by atoms with Gasteiger partial charge < -0.3 is 11.5 Å². The Morgan fingerprint density at radius 3 is 2.53 bits per heavy atom. The molecule has 0 aliphatic rings. The summed E-state index contributed by atoms with van der Waals surface area (Å²) in [7, 11) is 0. The molecule has 0 unspecified atom stereocenters. The van der Waals surface area contributed by atoms with E-state index < -0.39 is 17.6 Å². The number of rotatable bonds is 1. The predicted octanol–water partition coefficient (Wildman–Crippen LogP) is 1.03. The Bertz CT molecular complexity index is 602. The summed E-state index contributed by atoms with van der Waals surface area (Å²) in [4.78, 5) is 14.6. The molecular formula is C9H7F3N4O. The van der Waals surface area contributed by atoms with Crippen LogP contribution in [0.15, 0.2) is 18.3 Å². The SMILES string of the molecule is NC(=O)c1nc2ccc(C(F)(F)F)cn2c1N. The summed E-state index contributed by atoms with van der Waals surface area (Å²) in [6.07, 6.45) is -3.72. The predicted molar refractivity (Wildman–Crippen MR) is 53.1 cm³/mol. The minimum Gasteiger partial charge on any atom is -0.383 e. The number of carbonyl (C=O) groups is 1. The molecule has 1 amide bonds. The molecule has 0 aliphatic heterocycles. The van der Waals surface area contributed by atoms with E-state index >= 15 is 0 Å². The zero-order valence-corrected chi connectivity index (χ0v) is 8.32. The van der Waals surface area contributed by atoms with Gasteiger partial charge in [-0.2, -0.15) is 13.2 Å². The summed E-state index contributed by atoms with van der Waals surface area (Å²) in [6.45, 7) is 0. The summed E-state index contributed by atoms with van der Waals surface area (Å²) in [5, 5.41) is 0. The molecule has 0 fully saturated rings. The van der Waals surface area contributed by atoms with Crippen LogP contribution in [0.1, 0.15) is 16.1 Å². The van der Waals surface area contributed by atoms with Crippen LogP contribution in [0.5, 0.6) is 0 Å². The van der Waals surface area contributed by atoms with Gasteiger partial charge in [-0.05, 0) is 12.1 Å². The second-order valence-corrected chi connectivity index (χ2v) is 3.35. The molecule has 0 saturated heterocycles. The van der Waals surface area contributed by atoms with Gasteiger partial charge in [0.05, 0.1) is 5.56 Å². The van der Waals surface area contributed by atoms with E-state index in [1.165, 1.54) is 0 Å². The first-order chi connectivity index (χ1) is 7.80. The molecule has 5 nitrogen and oxygen atoms in total. The number of nitrogens with two attached hydrogens (primary N) is 2. The fourth-order valence-corrected chi connectivity index (χ4v) is 1.41. The molecule has 0 spiro atoms. The summed E-state index contributed by atoms with van der Waals surface area (Å²) < 4.78 is 38.3. The van der Waals surface area contributed by atoms with Crippen LogP contribution >= 0.6 is 0 Å². The third kappa shape index (κ3) is 1.77. The standard InChI is InChI=1S/C9H7F3N4O/c10-9(11,12)4-1-2-5-15-6(8(14)17)7(13)16(5)3-4/h1-3H,13H2,(H2,14,17). The van der Waals surface area contributed by atoms with E-state index in [0.29, 0.717) is 0 Å². The van der Waals surface area contributed by atoms with Gasteiger partial charge in [-0.3, -0.25) is 9.20 Å². The fraction of sp³-hybridized carbons (Fsp3) is 0.111. The lowest BCUT2D eigenvalue weighted by atomic mass is 10.3. The monoisotopic (exact) mass is 244 g/mol. The highest BCUT2D eigenvalue weighted by Gasteiger charge is 2.31. The number of alkyl halides is 3. The molecule has 8 heteroatoms. The number of primary amides is 1. The van der Waals surface area contributed by atoms with Gasteiger partial charge in [0.1, 0.15) is 11.5 Å². The molecule has 17 heavy (non-hydrogen) atoms. The van der Waals surface area contributed by atoms with Crippen molar-refractivity contribution in [1.29, 1.82) is 0 Å². The molecular weight excluding hydrogens is 237 g/mol. The number of anilines is 1. The van der Waals surface area contributed by atoms with Crippen molar-refractivity contribution in [2.45, 2.75) is 6.18 Å². The van der Waals surface area contributed by atoms with Crippen molar-refractivity contribution < 1.29 is 18.0 Å². The van der Waals surface area contributed by atoms with Crippen molar-refractivity contribution in [3.05, 3.63) is 29.6 Å². The normalized spacial score (nSPS) is 11.9. The molecule has 2 aromatic heterocycles. The maximum Gasteiger partial charge on any atom is 0.417 e. The van der Waals surface area contributed by atoms with Gasteiger partial charge in [0, 0.05) is 6.20 Å². The number of nitrogens with zero attached hydrogens (tertiary/aromatic N) is 2. The summed E-state index contributed by atoms with van der Waals surface area (Å²) in [5.74, 6) is -1.10. The number of carbonyl (C=O) groups excluding carboxylic acids is 1. The number of imidazole rings is 1. The lowest BCUT2D eigenvalue weighted by Crippen LogP contribution is -2.14. The highest BCUT2D eigenvalue weighted by atomic mass is 19.4. The van der Waals surface area contributed by atoms with E-state index in [1.807, 2.05) is 0 Å². The maximum absolute atomic E-state index is 12.4. The minimum atomic E-state index is -4.49. The first-order valence-corrected chi connectivity index (χ1v) is 4.45. The van der Waals surface area contributed by atoms with E-state index in [-0.39, 0.29) is 17.2 Å². The van der Waals surface area contributed by atoms with Gasteiger partial charge in [0.25, 0.3) is 5.91 Å². The Kier molecular flexibility index (Phi) is 2.23. The third-order valence-corrected chi connectivity index (χ3v) is 2.22. The van der Waals surface area contributed by atoms with Crippen LogP contribution in [-0.2, 0) is 6.18 Å². The van der Waals surface area contributed by atoms with Crippen LogP contribution in [0.25, 0.3) is 5.65 Å². The van der Waals surface area contributed by atoms with Crippen molar-refractivity contribution in [2.75, 3.05) is 5.73 Å². The maximum atomic E-state index is 12.4. The minimum absolute atomic E-state index is 0.129. The Hall–Kier alpha value is -2.25. The van der Waals surface area contributed by atoms with E-state index in [0.717, 1.165) is 22.7 Å². The lowest BCUT2D eigenvalue weighted by molar-refractivity contribution is -0.137. The largest absolute Gasteiger partial charge is 0.417 e. The number of fused-ring (bicyclic) bond motifs is 1. The molecule has 2 aromatic rings. The summed E-state index contributed by atoms with van der Waals surface area (Å²) in [6, 6.07) is 1.97. The Morgan fingerprint density at radius 2 is 2.00 bits per heavy atom. The van der Waals surface area contributed by atoms with Gasteiger partial charge in [-0.25, -0.2) is 4.98 Å². The molecule has 0 radical (unpaired) electrons. The van der Waals surface area contributed by atoms with E-state index in [9.17, 15) is 18.0 Å². The topological polar surface area (TPSA) is 86.4 Å². The molecule has 90 valence electrons. The van der Waals surface area contributed by atoms with Crippen LogP contribution in [0.3, 0.4) is 0 Å². The van der Waals surface area contributed by atoms with Crippen molar-refractivity contribution in [1.82, 2.24) is 9.38 Å². The van der Waals surface area contributed by atoms with Gasteiger partial charge in [0.15, 0.2) is 5.69 Å². The molecule has 0 aromatic carbocycles. The van der Waals surface area contributed by atoms with Gasteiger partial charge in [-0.15, -0.1) is 0 Å². The van der Waals surface area contributed by atoms with Gasteiger partial charge >= 0.3 is 6.18 Å². The van der Waals surface area contributed by atoms with Crippen LogP contribution in [-0.4, -0.2) is 15.3 Å². The Morgan fingerprint density at radius 1 is 1.35 bits per heavy atom. The van der Waals surface area contributed by atoms with E-state index in [1.54, 1.807) is 0 Å². The molecule has 0 atom stereocenters. The molecule has 0 aliphatic carbocycles. The fourth-order valence-electron chi connectivity index (χ4n) is 1.41. The first-order valence-electron chi connectivity index (χ1n) is 4.45. The molecule has 4 N–H and O–H groups in total. The van der Waals surface area contributed by atoms with Crippen LogP contribution in [0.2, 0.25) is 0 Å². The zero-order chi connectivity index (χ0) is 12.8. The molecule has 0 bridgehead atoms. The lowest BCUT2D eigenvalue weighted by Gasteiger charge is -2.06. The first kappa shape index (κ1) is 11.2. The second kappa shape index (κ2) is 3.37. The van der Waals surface area contributed by atoms with Crippen molar-refractivity contribution >= 4 is 17.4 Å². The van der Waals surface area contributed by atoms with Gasteiger partial charge in [0.2, 0.25) is 0 Å². The van der Waals surface area contributed by atoms with Crippen molar-refractivity contribution in [2.24, 2.45) is 5.73 Å². The highest BCUT2D eigenvalue weighted by Crippen LogP contribution is 2.30. The van der Waals surface area contributed by atoms with Crippen LogP contribution in [0, 0.1) is 0 Å². The van der Waals surface area contributed by atoms with Crippen LogP contribution < -0.4 is 11.5 Å². The summed E-state index contributed by atoms with van der Waals surface area (Å²) in [5.41, 5.74) is 9.47. The number of halogens is 3. The molecule has 2 rings (SSSR count). The Labute approximate surface area is 92.8 Å². The number of nitrogen functional groups attached to an aromatic ring is 1. The number of hydrogen-bond donors (Lipinski definition) is 2. The van der Waals surface area contributed by atoms with E-state index in [2.05, 4.69) is 4.98 Å². The van der Waals surface area contributed by atoms with Gasteiger partial charge in [-0.1, -0.05) is 0 Å². The van der Waals surface area contributed by atoms with Crippen molar-refractivity contribution in [3.8, 4) is 0 Å². The van der Waals surface area contributed by atoms with Crippen molar-refractivity contribution in [3.63, 3.8) is 0 Å². The molecule has 0 saturated carbocycles. The third-order valence-electron chi connectivity index (χ3n) is 2.22. The number of aromatic nitrogens is 2. The zero-order valence-electron chi connectivity index (χ0n) is 8.32. The number of hydrogen-bond acceptors (Lipinski definition) is 3. The quantitative estimate of drug-likeness (QED) is 0.785. The average molecular weight is 244 g/mol. The number of amides is 1. The second-order valence-electron chi connectivity index (χ2n) is 3.35. The smallest absolute Gasteiger partial charge is 0.383 e. The highest BCUT2D eigenvalue weighted by molar-refractivity contribution is 5.96. The Balaban J connectivity index is 2.70. The number of pyridine rings is 1. The van der Waals surface area contributed by atoms with E-state index in [4.69, 9.17) is 11.5 Å². The summed E-state index contributed by atoms with van der Waals surface area (Å²) >= 11 is 0.